The Morgan fingerprint density at radius 3 is 2.86 bits per heavy atom. The molecule has 0 aliphatic carbocycles. The minimum absolute atomic E-state index is 0.0849. The van der Waals surface area contributed by atoms with Crippen LogP contribution < -0.4 is 5.32 Å². The van der Waals surface area contributed by atoms with Crippen molar-refractivity contribution in [2.75, 3.05) is 18.6 Å². The van der Waals surface area contributed by atoms with E-state index in [4.69, 9.17) is 0 Å². The van der Waals surface area contributed by atoms with Gasteiger partial charge in [-0.3, -0.25) is 0 Å². The van der Waals surface area contributed by atoms with Crippen molar-refractivity contribution in [1.82, 2.24) is 25.5 Å². The second-order valence-corrected chi connectivity index (χ2v) is 5.45. The third-order valence-electron chi connectivity index (χ3n) is 2.13. The average Bonchev–Trinajstić information content (AvgIpc) is 2.48. The van der Waals surface area contributed by atoms with Crippen molar-refractivity contribution in [3.63, 3.8) is 0 Å². The lowest BCUT2D eigenvalue weighted by atomic mass is 10.3. The standard InChI is InChI=1S/C6H11N5O2S/c1-7-2-6-8-9-10-11(6)5-3-14(12,13)4-5/h5,7H,2-4H2,1H3. The van der Waals surface area contributed by atoms with Crippen molar-refractivity contribution >= 4 is 9.84 Å². The largest absolute Gasteiger partial charge is 0.313 e. The molecular formula is C6H11N5O2S. The fourth-order valence-corrected chi connectivity index (χ4v) is 2.81. The average molecular weight is 217 g/mol. The molecule has 14 heavy (non-hydrogen) atoms. The van der Waals surface area contributed by atoms with Gasteiger partial charge in [-0.15, -0.1) is 5.10 Å². The SMILES string of the molecule is CNCc1nnnn1C1CS(=O)(=O)C1. The summed E-state index contributed by atoms with van der Waals surface area (Å²) in [6.45, 7) is 0.545. The lowest BCUT2D eigenvalue weighted by molar-refractivity contribution is 0.446. The molecule has 0 radical (unpaired) electrons. The molecular weight excluding hydrogens is 206 g/mol. The van der Waals surface area contributed by atoms with Crippen LogP contribution in [-0.4, -0.2) is 47.2 Å². The van der Waals surface area contributed by atoms with E-state index < -0.39 is 9.84 Å². The van der Waals surface area contributed by atoms with E-state index in [-0.39, 0.29) is 17.5 Å². The van der Waals surface area contributed by atoms with Crippen molar-refractivity contribution in [1.29, 1.82) is 0 Å². The Hall–Kier alpha value is -1.02. The lowest BCUT2D eigenvalue weighted by Gasteiger charge is -2.25. The van der Waals surface area contributed by atoms with Crippen molar-refractivity contribution in [2.24, 2.45) is 0 Å². The second-order valence-electron chi connectivity index (χ2n) is 3.30. The van der Waals surface area contributed by atoms with E-state index >= 15 is 0 Å². The highest BCUT2D eigenvalue weighted by molar-refractivity contribution is 7.92. The topological polar surface area (TPSA) is 89.8 Å². The normalized spacial score (nSPS) is 20.6. The number of nitrogens with zero attached hydrogens (tertiary/aromatic N) is 4. The summed E-state index contributed by atoms with van der Waals surface area (Å²) in [5, 5.41) is 14.0. The van der Waals surface area contributed by atoms with Crippen molar-refractivity contribution in [3.05, 3.63) is 5.82 Å². The summed E-state index contributed by atoms with van der Waals surface area (Å²) in [6, 6.07) is -0.0849. The molecule has 1 aromatic heterocycles. The molecule has 1 aliphatic heterocycles. The fourth-order valence-electron chi connectivity index (χ4n) is 1.45. The molecule has 0 unspecified atom stereocenters. The molecule has 0 spiro atoms. The fraction of sp³-hybridized carbons (Fsp3) is 0.833. The van der Waals surface area contributed by atoms with E-state index in [1.807, 2.05) is 0 Å². The van der Waals surface area contributed by atoms with Gasteiger partial charge in [-0.05, 0) is 17.5 Å². The number of tetrazole rings is 1. The second kappa shape index (κ2) is 3.28. The number of nitrogens with one attached hydrogen (secondary N) is 1. The number of hydrogen-bond donors (Lipinski definition) is 1. The van der Waals surface area contributed by atoms with Crippen LogP contribution in [0.25, 0.3) is 0 Å². The smallest absolute Gasteiger partial charge is 0.165 e. The Morgan fingerprint density at radius 1 is 1.57 bits per heavy atom. The summed E-state index contributed by atoms with van der Waals surface area (Å²) >= 11 is 0. The van der Waals surface area contributed by atoms with E-state index in [1.165, 1.54) is 0 Å². The van der Waals surface area contributed by atoms with Gasteiger partial charge in [0.25, 0.3) is 0 Å². The number of aromatic nitrogens is 4. The molecule has 0 atom stereocenters. The third kappa shape index (κ3) is 1.62. The lowest BCUT2D eigenvalue weighted by Crippen LogP contribution is -2.39. The molecule has 0 amide bonds. The first-order valence-electron chi connectivity index (χ1n) is 4.24. The predicted octanol–water partition coefficient (Wildman–Crippen LogP) is -1.64. The third-order valence-corrected chi connectivity index (χ3v) is 3.92. The maximum absolute atomic E-state index is 11.0. The van der Waals surface area contributed by atoms with Gasteiger partial charge in [-0.1, -0.05) is 0 Å². The highest BCUT2D eigenvalue weighted by Crippen LogP contribution is 2.23. The van der Waals surface area contributed by atoms with Crippen LogP contribution in [0.4, 0.5) is 0 Å². The summed E-state index contributed by atoms with van der Waals surface area (Å²) in [6.07, 6.45) is 0. The Morgan fingerprint density at radius 2 is 2.29 bits per heavy atom. The van der Waals surface area contributed by atoms with Crippen LogP contribution in [0.5, 0.6) is 0 Å². The first-order valence-corrected chi connectivity index (χ1v) is 6.06. The van der Waals surface area contributed by atoms with E-state index in [9.17, 15) is 8.42 Å². The molecule has 0 bridgehead atoms. The summed E-state index contributed by atoms with van der Waals surface area (Å²) in [7, 11) is -1.04. The highest BCUT2D eigenvalue weighted by Gasteiger charge is 2.36. The van der Waals surface area contributed by atoms with Crippen LogP contribution >= 0.6 is 0 Å². The minimum atomic E-state index is -2.83. The molecule has 1 N–H and O–H groups in total. The first-order chi connectivity index (χ1) is 6.62. The van der Waals surface area contributed by atoms with Crippen LogP contribution in [0, 0.1) is 0 Å². The summed E-state index contributed by atoms with van der Waals surface area (Å²) < 4.78 is 23.5. The van der Waals surface area contributed by atoms with Crippen LogP contribution in [0.15, 0.2) is 0 Å². The molecule has 2 rings (SSSR count). The molecule has 8 heteroatoms. The Labute approximate surface area is 81.4 Å². The van der Waals surface area contributed by atoms with Crippen molar-refractivity contribution < 1.29 is 8.42 Å². The Balaban J connectivity index is 2.14. The van der Waals surface area contributed by atoms with Crippen LogP contribution in [0.2, 0.25) is 0 Å². The van der Waals surface area contributed by atoms with Crippen molar-refractivity contribution in [2.45, 2.75) is 12.6 Å². The van der Waals surface area contributed by atoms with Crippen LogP contribution in [-0.2, 0) is 16.4 Å². The van der Waals surface area contributed by atoms with Gasteiger partial charge in [0.1, 0.15) is 0 Å². The highest BCUT2D eigenvalue weighted by atomic mass is 32.2. The number of sulfone groups is 1. The zero-order chi connectivity index (χ0) is 10.2. The van der Waals surface area contributed by atoms with Gasteiger partial charge in [0.2, 0.25) is 0 Å². The quantitative estimate of drug-likeness (QED) is 0.653. The van der Waals surface area contributed by atoms with E-state index in [2.05, 4.69) is 20.8 Å². The number of rotatable bonds is 3. The molecule has 2 heterocycles. The zero-order valence-electron chi connectivity index (χ0n) is 7.71. The molecule has 1 fully saturated rings. The van der Waals surface area contributed by atoms with Crippen molar-refractivity contribution in [3.8, 4) is 0 Å². The van der Waals surface area contributed by atoms with Gasteiger partial charge in [-0.25, -0.2) is 13.1 Å². The molecule has 1 aliphatic rings. The number of hydrogen-bond acceptors (Lipinski definition) is 6. The molecule has 0 saturated carbocycles. The maximum Gasteiger partial charge on any atom is 0.165 e. The van der Waals surface area contributed by atoms with Crippen LogP contribution in [0.3, 0.4) is 0 Å². The van der Waals surface area contributed by atoms with Gasteiger partial charge in [0.05, 0.1) is 24.1 Å². The van der Waals surface area contributed by atoms with E-state index in [1.54, 1.807) is 11.7 Å². The maximum atomic E-state index is 11.0. The minimum Gasteiger partial charge on any atom is -0.313 e. The van der Waals surface area contributed by atoms with E-state index in [0.29, 0.717) is 12.4 Å². The monoisotopic (exact) mass is 217 g/mol. The molecule has 78 valence electrons. The van der Waals surface area contributed by atoms with Gasteiger partial charge < -0.3 is 5.32 Å². The van der Waals surface area contributed by atoms with Gasteiger partial charge in [0, 0.05) is 0 Å². The zero-order valence-corrected chi connectivity index (χ0v) is 8.53. The molecule has 7 nitrogen and oxygen atoms in total. The van der Waals surface area contributed by atoms with E-state index in [0.717, 1.165) is 0 Å². The van der Waals surface area contributed by atoms with Gasteiger partial charge in [-0.2, -0.15) is 0 Å². The Bertz CT molecular complexity index is 413. The Kier molecular flexibility index (Phi) is 2.23. The molecule has 1 saturated heterocycles. The predicted molar refractivity (Wildman–Crippen MR) is 48.3 cm³/mol. The van der Waals surface area contributed by atoms with Gasteiger partial charge in [0.15, 0.2) is 15.7 Å². The molecule has 0 aromatic carbocycles. The summed E-state index contributed by atoms with van der Waals surface area (Å²) in [5.41, 5.74) is 0. The summed E-state index contributed by atoms with van der Waals surface area (Å²) in [4.78, 5) is 0. The summed E-state index contributed by atoms with van der Waals surface area (Å²) in [5.74, 6) is 0.969. The van der Waals surface area contributed by atoms with Gasteiger partial charge >= 0.3 is 0 Å². The first kappa shape index (κ1) is 9.53. The molecule has 1 aromatic rings. The van der Waals surface area contributed by atoms with Crippen LogP contribution in [0.1, 0.15) is 11.9 Å².